The Morgan fingerprint density at radius 1 is 1.12 bits per heavy atom. The molecule has 0 unspecified atom stereocenters. The topological polar surface area (TPSA) is 43.1 Å². The number of hydrogen-bond acceptors (Lipinski definition) is 3. The molecule has 1 aromatic heterocycles. The summed E-state index contributed by atoms with van der Waals surface area (Å²) < 4.78 is 0.556. The van der Waals surface area contributed by atoms with E-state index in [4.69, 9.17) is 40.5 Å². The van der Waals surface area contributed by atoms with Gasteiger partial charge in [0.05, 0.1) is 24.9 Å². The van der Waals surface area contributed by atoms with Crippen molar-refractivity contribution < 1.29 is 4.79 Å². The van der Waals surface area contributed by atoms with E-state index >= 15 is 0 Å². The van der Waals surface area contributed by atoms with Gasteiger partial charge in [-0.15, -0.1) is 11.3 Å². The SMILES string of the molecule is Nc1c(Cl)cc(C(=O)c2ccc(Cl)s2)cc1Cl. The third-order valence-corrected chi connectivity index (χ3v) is 3.99. The lowest BCUT2D eigenvalue weighted by Crippen LogP contribution is -2.00. The number of rotatable bonds is 2. The van der Waals surface area contributed by atoms with E-state index in [-0.39, 0.29) is 21.5 Å². The maximum absolute atomic E-state index is 12.1. The maximum Gasteiger partial charge on any atom is 0.203 e. The highest BCUT2D eigenvalue weighted by Crippen LogP contribution is 2.31. The van der Waals surface area contributed by atoms with E-state index in [1.54, 1.807) is 12.1 Å². The zero-order valence-corrected chi connectivity index (χ0v) is 11.4. The quantitative estimate of drug-likeness (QED) is 0.654. The van der Waals surface area contributed by atoms with Crippen LogP contribution in [0.5, 0.6) is 0 Å². The molecule has 0 atom stereocenters. The Morgan fingerprint density at radius 2 is 1.71 bits per heavy atom. The molecule has 17 heavy (non-hydrogen) atoms. The third-order valence-electron chi connectivity index (χ3n) is 2.14. The lowest BCUT2D eigenvalue weighted by Gasteiger charge is -2.04. The van der Waals surface area contributed by atoms with E-state index in [1.165, 1.54) is 23.5 Å². The molecule has 0 radical (unpaired) electrons. The maximum atomic E-state index is 12.1. The predicted molar refractivity (Wildman–Crippen MR) is 73.6 cm³/mol. The summed E-state index contributed by atoms with van der Waals surface area (Å²) >= 11 is 18.7. The van der Waals surface area contributed by atoms with E-state index in [2.05, 4.69) is 0 Å². The van der Waals surface area contributed by atoms with Crippen molar-refractivity contribution >= 4 is 57.6 Å². The molecule has 0 spiro atoms. The summed E-state index contributed by atoms with van der Waals surface area (Å²) in [4.78, 5) is 12.6. The zero-order chi connectivity index (χ0) is 12.6. The largest absolute Gasteiger partial charge is 0.396 e. The molecule has 2 N–H and O–H groups in total. The number of nitrogens with two attached hydrogens (primary N) is 1. The number of anilines is 1. The Balaban J connectivity index is 2.44. The van der Waals surface area contributed by atoms with Crippen LogP contribution < -0.4 is 5.73 Å². The van der Waals surface area contributed by atoms with Crippen LogP contribution in [0.15, 0.2) is 24.3 Å². The Kier molecular flexibility index (Phi) is 3.64. The van der Waals surface area contributed by atoms with E-state index < -0.39 is 0 Å². The first kappa shape index (κ1) is 12.7. The van der Waals surface area contributed by atoms with Crippen molar-refractivity contribution in [2.75, 3.05) is 5.73 Å². The fourth-order valence-corrected chi connectivity index (χ4v) is 2.79. The summed E-state index contributed by atoms with van der Waals surface area (Å²) in [7, 11) is 0. The van der Waals surface area contributed by atoms with Gasteiger partial charge in [-0.25, -0.2) is 0 Å². The zero-order valence-electron chi connectivity index (χ0n) is 8.34. The van der Waals surface area contributed by atoms with Crippen molar-refractivity contribution in [1.82, 2.24) is 0 Å². The second-order valence-corrected chi connectivity index (χ2v) is 5.82. The summed E-state index contributed by atoms with van der Waals surface area (Å²) in [6.07, 6.45) is 0. The standard InChI is InChI=1S/C11H6Cl3NOS/c12-6-3-5(4-7(13)10(6)15)11(16)8-1-2-9(14)17-8/h1-4H,15H2. The molecular formula is C11H6Cl3NOS. The average Bonchev–Trinajstić information content (AvgIpc) is 2.71. The Labute approximate surface area is 117 Å². The molecule has 0 saturated carbocycles. The molecule has 0 aliphatic rings. The molecule has 2 nitrogen and oxygen atoms in total. The van der Waals surface area contributed by atoms with Crippen LogP contribution in [0.2, 0.25) is 14.4 Å². The number of carbonyl (C=O) groups is 1. The van der Waals surface area contributed by atoms with Crippen LogP contribution in [0.4, 0.5) is 5.69 Å². The number of ketones is 1. The summed E-state index contributed by atoms with van der Waals surface area (Å²) in [5, 5.41) is 0.534. The normalized spacial score (nSPS) is 10.5. The van der Waals surface area contributed by atoms with Crippen molar-refractivity contribution in [2.24, 2.45) is 0 Å². The Morgan fingerprint density at radius 3 is 2.18 bits per heavy atom. The van der Waals surface area contributed by atoms with Crippen molar-refractivity contribution in [3.63, 3.8) is 0 Å². The predicted octanol–water partition coefficient (Wildman–Crippen LogP) is 4.52. The van der Waals surface area contributed by atoms with Gasteiger partial charge in [-0.1, -0.05) is 34.8 Å². The number of thiophene rings is 1. The van der Waals surface area contributed by atoms with Crippen LogP contribution in [-0.2, 0) is 0 Å². The summed E-state index contributed by atoms with van der Waals surface area (Å²) in [5.41, 5.74) is 6.27. The van der Waals surface area contributed by atoms with Gasteiger partial charge in [-0.2, -0.15) is 0 Å². The fraction of sp³-hybridized carbons (Fsp3) is 0. The highest BCUT2D eigenvalue weighted by Gasteiger charge is 2.14. The van der Waals surface area contributed by atoms with Crippen molar-refractivity contribution in [1.29, 1.82) is 0 Å². The molecule has 88 valence electrons. The fourth-order valence-electron chi connectivity index (χ4n) is 1.29. The molecule has 0 aliphatic heterocycles. The molecule has 0 fully saturated rings. The van der Waals surface area contributed by atoms with Crippen LogP contribution in [0.1, 0.15) is 15.2 Å². The molecule has 2 aromatic rings. The van der Waals surface area contributed by atoms with Crippen molar-refractivity contribution in [3.8, 4) is 0 Å². The minimum atomic E-state index is -0.175. The van der Waals surface area contributed by atoms with E-state index in [0.29, 0.717) is 14.8 Å². The van der Waals surface area contributed by atoms with Gasteiger partial charge in [0.1, 0.15) is 0 Å². The van der Waals surface area contributed by atoms with Crippen LogP contribution in [-0.4, -0.2) is 5.78 Å². The van der Waals surface area contributed by atoms with Gasteiger partial charge >= 0.3 is 0 Å². The number of benzene rings is 1. The third kappa shape index (κ3) is 2.58. The van der Waals surface area contributed by atoms with Gasteiger partial charge in [-0.3, -0.25) is 4.79 Å². The van der Waals surface area contributed by atoms with Gasteiger partial charge in [0.2, 0.25) is 5.78 Å². The minimum absolute atomic E-state index is 0.175. The lowest BCUT2D eigenvalue weighted by atomic mass is 10.1. The molecule has 0 amide bonds. The van der Waals surface area contributed by atoms with Crippen LogP contribution in [0, 0.1) is 0 Å². The van der Waals surface area contributed by atoms with Crippen LogP contribution in [0.25, 0.3) is 0 Å². The average molecular weight is 307 g/mol. The van der Waals surface area contributed by atoms with Crippen LogP contribution >= 0.6 is 46.1 Å². The molecule has 0 aliphatic carbocycles. The van der Waals surface area contributed by atoms with Crippen molar-refractivity contribution in [3.05, 3.63) is 49.1 Å². The summed E-state index contributed by atoms with van der Waals surface area (Å²) in [6, 6.07) is 6.32. The number of carbonyl (C=O) groups excluding carboxylic acids is 1. The second kappa shape index (κ2) is 4.86. The van der Waals surface area contributed by atoms with E-state index in [0.717, 1.165) is 0 Å². The number of hydrogen-bond donors (Lipinski definition) is 1. The van der Waals surface area contributed by atoms with Crippen LogP contribution in [0.3, 0.4) is 0 Å². The van der Waals surface area contributed by atoms with E-state index in [9.17, 15) is 4.79 Å². The summed E-state index contributed by atoms with van der Waals surface area (Å²) in [5.74, 6) is -0.175. The highest BCUT2D eigenvalue weighted by atomic mass is 35.5. The first-order valence-corrected chi connectivity index (χ1v) is 6.48. The monoisotopic (exact) mass is 305 g/mol. The summed E-state index contributed by atoms with van der Waals surface area (Å²) in [6.45, 7) is 0. The minimum Gasteiger partial charge on any atom is -0.396 e. The van der Waals surface area contributed by atoms with Gasteiger partial charge in [0.15, 0.2) is 0 Å². The molecule has 6 heteroatoms. The lowest BCUT2D eigenvalue weighted by molar-refractivity contribution is 0.104. The number of halogens is 3. The van der Waals surface area contributed by atoms with E-state index in [1.807, 2.05) is 0 Å². The molecule has 1 heterocycles. The molecule has 1 aromatic carbocycles. The smallest absolute Gasteiger partial charge is 0.203 e. The van der Waals surface area contributed by atoms with Gasteiger partial charge < -0.3 is 5.73 Å². The van der Waals surface area contributed by atoms with Gasteiger partial charge in [0, 0.05) is 5.56 Å². The Bertz CT molecular complexity index is 571. The van der Waals surface area contributed by atoms with Gasteiger partial charge in [-0.05, 0) is 24.3 Å². The molecule has 0 saturated heterocycles. The molecular weight excluding hydrogens is 301 g/mol. The highest BCUT2D eigenvalue weighted by molar-refractivity contribution is 7.18. The Hall–Kier alpha value is -0.740. The first-order valence-electron chi connectivity index (χ1n) is 4.53. The molecule has 2 rings (SSSR count). The second-order valence-electron chi connectivity index (χ2n) is 3.29. The van der Waals surface area contributed by atoms with Crippen molar-refractivity contribution in [2.45, 2.75) is 0 Å². The molecule has 0 bridgehead atoms. The number of nitrogen functional groups attached to an aromatic ring is 1. The van der Waals surface area contributed by atoms with Gasteiger partial charge in [0.25, 0.3) is 0 Å². The first-order chi connectivity index (χ1) is 7.99.